The molecule has 0 aliphatic heterocycles. The lowest BCUT2D eigenvalue weighted by Crippen LogP contribution is -2.34. The normalized spacial score (nSPS) is 16.5. The molecule has 7 nitrogen and oxygen atoms in total. The van der Waals surface area contributed by atoms with Crippen LogP contribution in [0.3, 0.4) is 0 Å². The number of halogens is 3. The lowest BCUT2D eigenvalue weighted by molar-refractivity contribution is -0.137. The van der Waals surface area contributed by atoms with Crippen LogP contribution in [0, 0.1) is 5.92 Å². The molecule has 1 aliphatic rings. The summed E-state index contributed by atoms with van der Waals surface area (Å²) in [5.41, 5.74) is -2.91. The molecule has 1 saturated carbocycles. The van der Waals surface area contributed by atoms with E-state index >= 15 is 0 Å². The maximum Gasteiger partial charge on any atom is 0.416 e. The molecule has 2 N–H and O–H groups in total. The molecule has 31 heavy (non-hydrogen) atoms. The maximum atomic E-state index is 13.0. The molecule has 10 heteroatoms. The number of rotatable bonds is 7. The van der Waals surface area contributed by atoms with E-state index in [4.69, 9.17) is 0 Å². The Kier molecular flexibility index (Phi) is 6.59. The second kappa shape index (κ2) is 8.86. The van der Waals surface area contributed by atoms with E-state index in [1.807, 2.05) is 0 Å². The van der Waals surface area contributed by atoms with Crippen LogP contribution in [0.1, 0.15) is 57.6 Å². The first-order chi connectivity index (χ1) is 14.4. The number of alkyl halides is 3. The molecule has 1 atom stereocenters. The molecule has 0 bridgehead atoms. The Morgan fingerprint density at radius 1 is 1.26 bits per heavy atom. The number of amides is 1. The van der Waals surface area contributed by atoms with Gasteiger partial charge in [0.15, 0.2) is 5.82 Å². The molecule has 0 aromatic carbocycles. The van der Waals surface area contributed by atoms with Gasteiger partial charge in [0.2, 0.25) is 5.91 Å². The highest BCUT2D eigenvalue weighted by molar-refractivity contribution is 5.92. The van der Waals surface area contributed by atoms with Crippen LogP contribution in [0.25, 0.3) is 0 Å². The van der Waals surface area contributed by atoms with Crippen molar-refractivity contribution < 1.29 is 23.1 Å². The van der Waals surface area contributed by atoms with E-state index in [-0.39, 0.29) is 18.3 Å². The molecule has 1 aliphatic carbocycles. The van der Waals surface area contributed by atoms with Crippen molar-refractivity contribution in [2.75, 3.05) is 5.32 Å². The number of carbonyl (C=O) groups is 1. The zero-order valence-electron chi connectivity index (χ0n) is 17.5. The molecule has 1 unspecified atom stereocenters. The van der Waals surface area contributed by atoms with E-state index in [2.05, 4.69) is 10.4 Å². The van der Waals surface area contributed by atoms with Crippen molar-refractivity contribution in [3.8, 4) is 0 Å². The Morgan fingerprint density at radius 2 is 1.94 bits per heavy atom. The Hall–Kier alpha value is -2.62. The third kappa shape index (κ3) is 6.19. The molecule has 170 valence electrons. The lowest BCUT2D eigenvalue weighted by atomic mass is 9.97. The predicted molar refractivity (Wildman–Crippen MR) is 108 cm³/mol. The van der Waals surface area contributed by atoms with Gasteiger partial charge < -0.3 is 15.0 Å². The molecule has 3 rings (SSSR count). The molecule has 0 radical (unpaired) electrons. The van der Waals surface area contributed by atoms with Crippen LogP contribution in [-0.2, 0) is 17.5 Å². The number of aliphatic hydroxyl groups is 1. The summed E-state index contributed by atoms with van der Waals surface area (Å²) in [5, 5.41) is 16.8. The molecular formula is C21H27F3N4O3. The molecule has 2 heterocycles. The highest BCUT2D eigenvalue weighted by atomic mass is 19.4. The number of pyridine rings is 1. The average molecular weight is 440 g/mol. The summed E-state index contributed by atoms with van der Waals surface area (Å²) >= 11 is 0. The van der Waals surface area contributed by atoms with Crippen LogP contribution in [-0.4, -0.2) is 31.0 Å². The number of nitrogens with one attached hydrogen (secondary N) is 1. The molecular weight excluding hydrogens is 413 g/mol. The zero-order chi connectivity index (χ0) is 22.8. The summed E-state index contributed by atoms with van der Waals surface area (Å²) in [7, 11) is 0. The van der Waals surface area contributed by atoms with Gasteiger partial charge in [-0.15, -0.1) is 0 Å². The summed E-state index contributed by atoms with van der Waals surface area (Å²) in [6.45, 7) is 3.47. The number of aromatic nitrogens is 3. The summed E-state index contributed by atoms with van der Waals surface area (Å²) in [6, 6.07) is 1.95. The standard InChI is InChI=1S/C21H27F3N4O3/c1-20(2,31)13-27-9-8-17(26-27)25-19(30)16(11-14-5-3-4-6-14)28-10-7-15(12-18(28)29)21(22,23)24/h7-10,12,14,16,31H,3-6,11,13H2,1-2H3,(H,25,26,30). The SMILES string of the molecule is CC(C)(O)Cn1ccc(NC(=O)C(CC2CCCC2)n2ccc(C(F)(F)F)cc2=O)n1. The van der Waals surface area contributed by atoms with Gasteiger partial charge in [-0.2, -0.15) is 18.3 Å². The van der Waals surface area contributed by atoms with Crippen LogP contribution >= 0.6 is 0 Å². The van der Waals surface area contributed by atoms with Gasteiger partial charge in [-0.25, -0.2) is 0 Å². The van der Waals surface area contributed by atoms with Gasteiger partial charge in [0.25, 0.3) is 5.56 Å². The predicted octanol–water partition coefficient (Wildman–Crippen LogP) is 3.59. The topological polar surface area (TPSA) is 89.1 Å². The Morgan fingerprint density at radius 3 is 2.52 bits per heavy atom. The van der Waals surface area contributed by atoms with Gasteiger partial charge >= 0.3 is 6.18 Å². The molecule has 2 aromatic heterocycles. The first-order valence-corrected chi connectivity index (χ1v) is 10.3. The van der Waals surface area contributed by atoms with E-state index in [9.17, 15) is 27.9 Å². The van der Waals surface area contributed by atoms with Gasteiger partial charge in [0.05, 0.1) is 17.7 Å². The van der Waals surface area contributed by atoms with Gasteiger partial charge in [-0.3, -0.25) is 14.3 Å². The van der Waals surface area contributed by atoms with Crippen LogP contribution < -0.4 is 10.9 Å². The Balaban J connectivity index is 1.83. The zero-order valence-corrected chi connectivity index (χ0v) is 17.5. The largest absolute Gasteiger partial charge is 0.416 e. The minimum absolute atomic E-state index is 0.215. The molecule has 0 spiro atoms. The quantitative estimate of drug-likeness (QED) is 0.689. The van der Waals surface area contributed by atoms with Crippen molar-refractivity contribution in [1.82, 2.24) is 14.3 Å². The lowest BCUT2D eigenvalue weighted by Gasteiger charge is -2.22. The van der Waals surface area contributed by atoms with Crippen molar-refractivity contribution in [1.29, 1.82) is 0 Å². The molecule has 2 aromatic rings. The van der Waals surface area contributed by atoms with Gasteiger partial charge in [-0.1, -0.05) is 25.7 Å². The number of hydrogen-bond acceptors (Lipinski definition) is 4. The van der Waals surface area contributed by atoms with Gasteiger partial charge in [0, 0.05) is 24.5 Å². The third-order valence-corrected chi connectivity index (χ3v) is 5.39. The summed E-state index contributed by atoms with van der Waals surface area (Å²) in [4.78, 5) is 25.5. The minimum atomic E-state index is -4.63. The fourth-order valence-corrected chi connectivity index (χ4v) is 3.95. The number of carbonyl (C=O) groups excluding carboxylic acids is 1. The highest BCUT2D eigenvalue weighted by Gasteiger charge is 2.33. The van der Waals surface area contributed by atoms with Crippen LogP contribution in [0.15, 0.2) is 35.4 Å². The van der Waals surface area contributed by atoms with E-state index in [1.165, 1.54) is 4.68 Å². The monoisotopic (exact) mass is 440 g/mol. The van der Waals surface area contributed by atoms with Crippen LogP contribution in [0.5, 0.6) is 0 Å². The molecule has 0 saturated heterocycles. The van der Waals surface area contributed by atoms with E-state index < -0.39 is 34.8 Å². The van der Waals surface area contributed by atoms with Gasteiger partial charge in [0.1, 0.15) is 6.04 Å². The maximum absolute atomic E-state index is 13.0. The van der Waals surface area contributed by atoms with Gasteiger partial charge in [-0.05, 0) is 32.3 Å². The van der Waals surface area contributed by atoms with Crippen molar-refractivity contribution in [2.45, 2.75) is 70.3 Å². The molecule has 1 fully saturated rings. The smallest absolute Gasteiger partial charge is 0.389 e. The number of anilines is 1. The molecule has 1 amide bonds. The Labute approximate surface area is 177 Å². The summed E-state index contributed by atoms with van der Waals surface area (Å²) < 4.78 is 41.4. The fourth-order valence-electron chi connectivity index (χ4n) is 3.95. The Bertz CT molecular complexity index is 969. The fraction of sp³-hybridized carbons (Fsp3) is 0.571. The number of hydrogen-bond donors (Lipinski definition) is 2. The third-order valence-electron chi connectivity index (χ3n) is 5.39. The number of nitrogens with zero attached hydrogens (tertiary/aromatic N) is 3. The van der Waals surface area contributed by atoms with Crippen molar-refractivity contribution in [3.05, 3.63) is 46.5 Å². The van der Waals surface area contributed by atoms with Crippen molar-refractivity contribution >= 4 is 11.7 Å². The average Bonchev–Trinajstić information content (AvgIpc) is 3.30. The second-order valence-corrected chi connectivity index (χ2v) is 8.76. The van der Waals surface area contributed by atoms with Crippen molar-refractivity contribution in [2.24, 2.45) is 5.92 Å². The summed E-state index contributed by atoms with van der Waals surface area (Å²) in [5.74, 6) is -0.0504. The first kappa shape index (κ1) is 23.1. The first-order valence-electron chi connectivity index (χ1n) is 10.3. The van der Waals surface area contributed by atoms with E-state index in [1.54, 1.807) is 26.1 Å². The summed E-state index contributed by atoms with van der Waals surface area (Å²) in [6.07, 6.45) is 2.26. The minimum Gasteiger partial charge on any atom is -0.389 e. The van der Waals surface area contributed by atoms with E-state index in [0.717, 1.165) is 42.5 Å². The van der Waals surface area contributed by atoms with E-state index in [0.29, 0.717) is 12.5 Å². The second-order valence-electron chi connectivity index (χ2n) is 8.76. The highest BCUT2D eigenvalue weighted by Crippen LogP contribution is 2.33. The van der Waals surface area contributed by atoms with Crippen LogP contribution in [0.2, 0.25) is 0 Å². The van der Waals surface area contributed by atoms with Crippen LogP contribution in [0.4, 0.5) is 19.0 Å². The van der Waals surface area contributed by atoms with Crippen molar-refractivity contribution in [3.63, 3.8) is 0 Å².